The normalized spacial score (nSPS) is 16.3. The Balaban J connectivity index is 2.17. The van der Waals surface area contributed by atoms with Crippen molar-refractivity contribution in [3.8, 4) is 0 Å². The average Bonchev–Trinajstić information content (AvgIpc) is 2.20. The molecule has 19 heavy (non-hydrogen) atoms. The highest BCUT2D eigenvalue weighted by Crippen LogP contribution is 2.40. The first-order valence-corrected chi connectivity index (χ1v) is 6.40. The zero-order valence-corrected chi connectivity index (χ0v) is 11.3. The quantitative estimate of drug-likeness (QED) is 0.919. The largest absolute Gasteiger partial charge is 0.481 e. The number of halogens is 4. The van der Waals surface area contributed by atoms with Gasteiger partial charge in [0.1, 0.15) is 0 Å². The van der Waals surface area contributed by atoms with Crippen LogP contribution < -0.4 is 4.90 Å². The second kappa shape index (κ2) is 5.03. The van der Waals surface area contributed by atoms with Gasteiger partial charge in [-0.2, -0.15) is 13.2 Å². The van der Waals surface area contributed by atoms with Gasteiger partial charge in [0.2, 0.25) is 0 Å². The molecule has 0 aliphatic carbocycles. The minimum atomic E-state index is -4.41. The summed E-state index contributed by atoms with van der Waals surface area (Å²) in [6.07, 6.45) is -4.42. The monoisotopic (exact) mass is 337 g/mol. The first kappa shape index (κ1) is 14.2. The molecule has 0 bridgehead atoms. The summed E-state index contributed by atoms with van der Waals surface area (Å²) in [5.74, 6) is -1.01. The van der Waals surface area contributed by atoms with Gasteiger partial charge in [-0.1, -0.05) is 15.9 Å². The summed E-state index contributed by atoms with van der Waals surface area (Å²) >= 11 is 3.15. The molecule has 0 saturated carbocycles. The maximum atomic E-state index is 12.9. The van der Waals surface area contributed by atoms with Crippen molar-refractivity contribution in [2.45, 2.75) is 12.6 Å². The number of nitrogens with zero attached hydrogens (tertiary/aromatic N) is 1. The molecule has 104 valence electrons. The fraction of sp³-hybridized carbons (Fsp3) is 0.417. The van der Waals surface area contributed by atoms with Gasteiger partial charge < -0.3 is 10.0 Å². The molecule has 7 heteroatoms. The van der Waals surface area contributed by atoms with Crippen molar-refractivity contribution in [3.05, 3.63) is 28.2 Å². The number of aliphatic carboxylic acids is 1. The summed E-state index contributed by atoms with van der Waals surface area (Å²) in [7, 11) is 0. The molecule has 0 aromatic heterocycles. The zero-order valence-electron chi connectivity index (χ0n) is 9.75. The fourth-order valence-corrected chi connectivity index (χ4v) is 2.50. The zero-order chi connectivity index (χ0) is 14.2. The molecule has 0 radical (unpaired) electrons. The minimum absolute atomic E-state index is 0.00808. The predicted molar refractivity (Wildman–Crippen MR) is 67.1 cm³/mol. The van der Waals surface area contributed by atoms with Gasteiger partial charge in [0.15, 0.2) is 0 Å². The van der Waals surface area contributed by atoms with Crippen LogP contribution in [0.2, 0.25) is 0 Å². The maximum absolute atomic E-state index is 12.9. The lowest BCUT2D eigenvalue weighted by atomic mass is 9.94. The van der Waals surface area contributed by atoms with E-state index in [1.54, 1.807) is 4.90 Å². The molecule has 1 saturated heterocycles. The van der Waals surface area contributed by atoms with Crippen LogP contribution >= 0.6 is 15.9 Å². The summed E-state index contributed by atoms with van der Waals surface area (Å²) in [6, 6.07) is 3.80. The Morgan fingerprint density at radius 3 is 2.58 bits per heavy atom. The molecule has 1 aromatic rings. The summed E-state index contributed by atoms with van der Waals surface area (Å²) in [5, 5.41) is 8.63. The van der Waals surface area contributed by atoms with E-state index in [4.69, 9.17) is 5.11 Å². The van der Waals surface area contributed by atoms with Gasteiger partial charge in [-0.05, 0) is 18.2 Å². The van der Waals surface area contributed by atoms with Crippen molar-refractivity contribution in [2.75, 3.05) is 18.0 Å². The molecule has 1 aliphatic rings. The molecule has 1 fully saturated rings. The maximum Gasteiger partial charge on any atom is 0.418 e. The van der Waals surface area contributed by atoms with Gasteiger partial charge >= 0.3 is 12.1 Å². The lowest BCUT2D eigenvalue weighted by Gasteiger charge is -2.41. The smallest absolute Gasteiger partial charge is 0.418 e. The molecule has 1 N–H and O–H groups in total. The lowest BCUT2D eigenvalue weighted by Crippen LogP contribution is -2.48. The van der Waals surface area contributed by atoms with Crippen molar-refractivity contribution >= 4 is 27.6 Å². The molecule has 0 spiro atoms. The first-order valence-electron chi connectivity index (χ1n) is 5.61. The number of carboxylic acids is 1. The van der Waals surface area contributed by atoms with E-state index in [1.165, 1.54) is 12.1 Å². The Labute approximate surface area is 116 Å². The van der Waals surface area contributed by atoms with E-state index in [-0.39, 0.29) is 18.0 Å². The Bertz CT molecular complexity index is 498. The van der Waals surface area contributed by atoms with Crippen LogP contribution in [0.4, 0.5) is 18.9 Å². The number of benzene rings is 1. The van der Waals surface area contributed by atoms with E-state index in [1.807, 2.05) is 0 Å². The minimum Gasteiger partial charge on any atom is -0.481 e. The van der Waals surface area contributed by atoms with Crippen LogP contribution in [-0.4, -0.2) is 24.2 Å². The van der Waals surface area contributed by atoms with E-state index in [0.29, 0.717) is 17.6 Å². The van der Waals surface area contributed by atoms with Crippen LogP contribution in [0, 0.1) is 5.92 Å². The van der Waals surface area contributed by atoms with Crippen LogP contribution in [-0.2, 0) is 11.0 Å². The first-order chi connectivity index (χ1) is 8.77. The van der Waals surface area contributed by atoms with Gasteiger partial charge in [-0.3, -0.25) is 4.79 Å². The summed E-state index contributed by atoms with van der Waals surface area (Å²) in [4.78, 5) is 12.1. The Hall–Kier alpha value is -1.24. The number of anilines is 1. The number of hydrogen-bond donors (Lipinski definition) is 1. The molecule has 2 rings (SSSR count). The molecule has 0 atom stereocenters. The molecular formula is C12H11BrF3NO2. The summed E-state index contributed by atoms with van der Waals surface area (Å²) in [6.45, 7) is 0.678. The third-order valence-corrected chi connectivity index (χ3v) is 3.52. The van der Waals surface area contributed by atoms with Crippen molar-refractivity contribution in [2.24, 2.45) is 5.92 Å². The Kier molecular flexibility index (Phi) is 3.75. The fourth-order valence-electron chi connectivity index (χ4n) is 2.15. The summed E-state index contributed by atoms with van der Waals surface area (Å²) in [5.41, 5.74) is -0.590. The van der Waals surface area contributed by atoms with Gasteiger partial charge in [0.25, 0.3) is 0 Å². The van der Waals surface area contributed by atoms with Gasteiger partial charge in [0.05, 0.1) is 17.7 Å². The van der Waals surface area contributed by atoms with E-state index in [2.05, 4.69) is 15.9 Å². The van der Waals surface area contributed by atoms with Gasteiger partial charge in [-0.15, -0.1) is 0 Å². The van der Waals surface area contributed by atoms with E-state index < -0.39 is 17.7 Å². The Morgan fingerprint density at radius 1 is 1.42 bits per heavy atom. The standard InChI is InChI=1S/C12H11BrF3NO2/c13-8-1-2-9(12(14,15)16)10(4-8)17-5-7(6-17)3-11(18)19/h1-2,4,7H,3,5-6H2,(H,18,19). The van der Waals surface area contributed by atoms with Crippen LogP contribution in [0.5, 0.6) is 0 Å². The van der Waals surface area contributed by atoms with Crippen LogP contribution in [0.1, 0.15) is 12.0 Å². The third kappa shape index (κ3) is 3.20. The number of rotatable bonds is 3. The van der Waals surface area contributed by atoms with Gasteiger partial charge in [0, 0.05) is 23.5 Å². The highest BCUT2D eigenvalue weighted by atomic mass is 79.9. The second-order valence-electron chi connectivity index (χ2n) is 4.53. The van der Waals surface area contributed by atoms with Crippen LogP contribution in [0.3, 0.4) is 0 Å². The third-order valence-electron chi connectivity index (χ3n) is 3.03. The van der Waals surface area contributed by atoms with E-state index in [9.17, 15) is 18.0 Å². The highest BCUT2D eigenvalue weighted by molar-refractivity contribution is 9.10. The van der Waals surface area contributed by atoms with Crippen LogP contribution in [0.25, 0.3) is 0 Å². The molecule has 1 aliphatic heterocycles. The molecular weight excluding hydrogens is 327 g/mol. The number of carboxylic acid groups (broad SMARTS) is 1. The molecule has 1 heterocycles. The summed E-state index contributed by atoms with van der Waals surface area (Å²) < 4.78 is 39.2. The van der Waals surface area contributed by atoms with Crippen molar-refractivity contribution in [3.63, 3.8) is 0 Å². The SMILES string of the molecule is O=C(O)CC1CN(c2cc(Br)ccc2C(F)(F)F)C1. The Morgan fingerprint density at radius 2 is 2.05 bits per heavy atom. The second-order valence-corrected chi connectivity index (χ2v) is 5.44. The van der Waals surface area contributed by atoms with E-state index in [0.717, 1.165) is 6.07 Å². The predicted octanol–water partition coefficient (Wildman–Crippen LogP) is 3.38. The molecule has 1 aromatic carbocycles. The molecule has 0 unspecified atom stereocenters. The molecule has 0 amide bonds. The van der Waals surface area contributed by atoms with Crippen molar-refractivity contribution in [1.29, 1.82) is 0 Å². The topological polar surface area (TPSA) is 40.5 Å². The van der Waals surface area contributed by atoms with E-state index >= 15 is 0 Å². The van der Waals surface area contributed by atoms with Crippen molar-refractivity contribution < 1.29 is 23.1 Å². The van der Waals surface area contributed by atoms with Gasteiger partial charge in [-0.25, -0.2) is 0 Å². The average molecular weight is 338 g/mol. The highest BCUT2D eigenvalue weighted by Gasteiger charge is 2.38. The van der Waals surface area contributed by atoms with Crippen molar-refractivity contribution in [1.82, 2.24) is 0 Å². The molecule has 3 nitrogen and oxygen atoms in total. The number of alkyl halides is 3. The lowest BCUT2D eigenvalue weighted by molar-refractivity contribution is -0.139. The number of hydrogen-bond acceptors (Lipinski definition) is 2. The van der Waals surface area contributed by atoms with Crippen LogP contribution in [0.15, 0.2) is 22.7 Å². The number of carbonyl (C=O) groups is 1.